The average molecular weight is 1210 g/mol. The van der Waals surface area contributed by atoms with Gasteiger partial charge in [0.1, 0.15) is 73.2 Å². The van der Waals surface area contributed by atoms with E-state index in [4.69, 9.17) is 28.4 Å². The van der Waals surface area contributed by atoms with E-state index < -0.39 is 124 Å². The largest absolute Gasteiger partial charge is 0.394 e. The van der Waals surface area contributed by atoms with E-state index in [2.05, 4.69) is 67.8 Å². The second-order valence-electron chi connectivity index (χ2n) is 23.9. The Labute approximate surface area is 510 Å². The third-order valence-corrected chi connectivity index (χ3v) is 16.7. The van der Waals surface area contributed by atoms with Gasteiger partial charge in [0, 0.05) is 6.42 Å². The lowest BCUT2D eigenvalue weighted by molar-refractivity contribution is -0.379. The van der Waals surface area contributed by atoms with Crippen molar-refractivity contribution in [3.05, 3.63) is 48.6 Å². The molecule has 3 aliphatic rings. The second-order valence-corrected chi connectivity index (χ2v) is 23.9. The Morgan fingerprint density at radius 1 is 0.435 bits per heavy atom. The maximum atomic E-state index is 13.4. The van der Waals surface area contributed by atoms with Crippen LogP contribution in [0.2, 0.25) is 0 Å². The highest BCUT2D eigenvalue weighted by Crippen LogP contribution is 2.33. The molecule has 496 valence electrons. The summed E-state index contributed by atoms with van der Waals surface area (Å²) in [6.07, 6.45) is 29.2. The number of hydrogen-bond donors (Lipinski definition) is 12. The number of hydrogen-bond acceptors (Lipinski definition) is 18. The molecule has 0 aromatic rings. The first-order valence-corrected chi connectivity index (χ1v) is 33.4. The van der Waals surface area contributed by atoms with Crippen molar-refractivity contribution >= 4 is 5.91 Å². The monoisotopic (exact) mass is 1210 g/mol. The molecule has 0 aromatic carbocycles. The molecule has 0 saturated carbocycles. The van der Waals surface area contributed by atoms with E-state index in [0.717, 1.165) is 64.2 Å². The molecule has 12 N–H and O–H groups in total. The minimum absolute atomic E-state index is 0.213. The van der Waals surface area contributed by atoms with Crippen LogP contribution in [0.4, 0.5) is 0 Å². The average Bonchev–Trinajstić information content (AvgIpc) is 3.49. The number of ether oxygens (including phenoxy) is 6. The zero-order valence-corrected chi connectivity index (χ0v) is 52.1. The van der Waals surface area contributed by atoms with E-state index in [9.17, 15) is 61.0 Å². The second kappa shape index (κ2) is 48.6. The first kappa shape index (κ1) is 77.0. The van der Waals surface area contributed by atoms with Gasteiger partial charge < -0.3 is 89.9 Å². The molecule has 0 aliphatic carbocycles. The maximum absolute atomic E-state index is 13.4. The van der Waals surface area contributed by atoms with E-state index in [0.29, 0.717) is 12.8 Å². The molecular weight excluding hydrogens is 1090 g/mol. The summed E-state index contributed by atoms with van der Waals surface area (Å²) in [4.78, 5) is 13.4. The highest BCUT2D eigenvalue weighted by Gasteiger charge is 2.53. The van der Waals surface area contributed by atoms with Crippen LogP contribution in [0.25, 0.3) is 0 Å². The molecule has 17 unspecified atom stereocenters. The van der Waals surface area contributed by atoms with Gasteiger partial charge in [0.2, 0.25) is 5.91 Å². The van der Waals surface area contributed by atoms with Gasteiger partial charge in [-0.25, -0.2) is 0 Å². The molecule has 85 heavy (non-hydrogen) atoms. The number of carbonyl (C=O) groups is 1. The number of rotatable bonds is 50. The van der Waals surface area contributed by atoms with Crippen molar-refractivity contribution < 1.29 is 89.4 Å². The summed E-state index contributed by atoms with van der Waals surface area (Å²) in [5.74, 6) is -0.283. The zero-order valence-electron chi connectivity index (χ0n) is 52.1. The number of carbonyl (C=O) groups excluding carboxylic acids is 1. The summed E-state index contributed by atoms with van der Waals surface area (Å²) >= 11 is 0. The van der Waals surface area contributed by atoms with E-state index >= 15 is 0 Å². The standard InChI is InChI=1S/C66H119NO18/c1-3-5-7-9-11-13-15-17-19-20-21-22-23-24-25-26-27-28-30-31-33-35-37-39-41-43-50(71)49(67-54(72)44-42-40-38-36-34-32-29-18-16-14-12-10-8-6-4-2)48-80-64-60(78)57(75)62(52(46-69)82-64)85-66-61(79)58(76)63(53(47-70)83-66)84-65-59(77)56(74)55(73)51(45-68)81-65/h6,8,12,14,18,29,34,36,49-53,55-66,68-71,73-79H,3-5,7,9-11,13,15-17,19-28,30-33,35,37-48H2,1-2H3,(H,67,72)/b8-6-,14-12-,29-18-,36-34-. The van der Waals surface area contributed by atoms with Crippen LogP contribution in [-0.2, 0) is 33.2 Å². The summed E-state index contributed by atoms with van der Waals surface area (Å²) in [5.41, 5.74) is 0. The van der Waals surface area contributed by atoms with Crippen molar-refractivity contribution in [2.45, 2.75) is 336 Å². The van der Waals surface area contributed by atoms with Crippen molar-refractivity contribution in [2.24, 2.45) is 0 Å². The molecule has 0 radical (unpaired) electrons. The number of nitrogens with one attached hydrogen (secondary N) is 1. The molecule has 3 heterocycles. The SMILES string of the molecule is CC/C=C\C/C=C\C/C=C\C/C=C\CCCCC(=O)NC(COC1OC(CO)C(OC2OC(CO)C(OC3OC(CO)C(O)C(O)C3O)C(O)C2O)C(O)C1O)C(O)CCCCCCCCCCCCCCCCCCCCCCCCCCC. The molecule has 3 fully saturated rings. The van der Waals surface area contributed by atoms with Gasteiger partial charge >= 0.3 is 0 Å². The highest BCUT2D eigenvalue weighted by atomic mass is 16.8. The molecule has 3 rings (SSSR count). The van der Waals surface area contributed by atoms with Crippen LogP contribution in [-0.4, -0.2) is 193 Å². The van der Waals surface area contributed by atoms with Gasteiger partial charge in [-0.15, -0.1) is 0 Å². The maximum Gasteiger partial charge on any atom is 0.220 e. The Hall–Kier alpha value is -2.25. The van der Waals surface area contributed by atoms with Gasteiger partial charge in [-0.1, -0.05) is 223 Å². The molecule has 19 nitrogen and oxygen atoms in total. The van der Waals surface area contributed by atoms with Gasteiger partial charge in [0.25, 0.3) is 0 Å². The van der Waals surface area contributed by atoms with Crippen molar-refractivity contribution in [1.29, 1.82) is 0 Å². The third-order valence-electron chi connectivity index (χ3n) is 16.7. The molecule has 0 spiro atoms. The minimum Gasteiger partial charge on any atom is -0.394 e. The molecule has 3 saturated heterocycles. The Kier molecular flexibility index (Phi) is 44.0. The number of aliphatic hydroxyl groups excluding tert-OH is 11. The lowest BCUT2D eigenvalue weighted by atomic mass is 9.96. The van der Waals surface area contributed by atoms with Crippen LogP contribution in [0, 0.1) is 0 Å². The third kappa shape index (κ3) is 31.4. The molecule has 17 atom stereocenters. The van der Waals surface area contributed by atoms with Crippen molar-refractivity contribution in [1.82, 2.24) is 5.32 Å². The molecular formula is C66H119NO18. The topological polar surface area (TPSA) is 307 Å². The molecule has 0 bridgehead atoms. The quantitative estimate of drug-likeness (QED) is 0.0204. The van der Waals surface area contributed by atoms with Crippen LogP contribution in [0.1, 0.15) is 232 Å². The van der Waals surface area contributed by atoms with E-state index in [-0.39, 0.29) is 18.9 Å². The fourth-order valence-corrected chi connectivity index (χ4v) is 11.2. The number of aliphatic hydroxyl groups is 11. The van der Waals surface area contributed by atoms with Crippen molar-refractivity contribution in [3.8, 4) is 0 Å². The fraction of sp³-hybridized carbons (Fsp3) is 0.864. The Balaban J connectivity index is 1.44. The van der Waals surface area contributed by atoms with E-state index in [1.165, 1.54) is 135 Å². The molecule has 3 aliphatic heterocycles. The fourth-order valence-electron chi connectivity index (χ4n) is 11.2. The van der Waals surface area contributed by atoms with Gasteiger partial charge in [-0.2, -0.15) is 0 Å². The first-order chi connectivity index (χ1) is 41.3. The van der Waals surface area contributed by atoms with Crippen LogP contribution < -0.4 is 5.32 Å². The normalized spacial score (nSPS) is 29.3. The zero-order chi connectivity index (χ0) is 61.9. The minimum atomic E-state index is -1.98. The Morgan fingerprint density at radius 3 is 1.25 bits per heavy atom. The van der Waals surface area contributed by atoms with Crippen molar-refractivity contribution in [2.75, 3.05) is 26.4 Å². The van der Waals surface area contributed by atoms with Gasteiger partial charge in [0.15, 0.2) is 18.9 Å². The van der Waals surface area contributed by atoms with Gasteiger partial charge in [-0.05, 0) is 51.4 Å². The Morgan fingerprint density at radius 2 is 0.812 bits per heavy atom. The van der Waals surface area contributed by atoms with E-state index in [1.54, 1.807) is 0 Å². The van der Waals surface area contributed by atoms with Crippen LogP contribution >= 0.6 is 0 Å². The van der Waals surface area contributed by atoms with Gasteiger partial charge in [0.05, 0.1) is 38.6 Å². The summed E-state index contributed by atoms with van der Waals surface area (Å²) in [7, 11) is 0. The summed E-state index contributed by atoms with van der Waals surface area (Å²) < 4.78 is 34.3. The lowest BCUT2D eigenvalue weighted by Gasteiger charge is -2.48. The van der Waals surface area contributed by atoms with Crippen LogP contribution in [0.5, 0.6) is 0 Å². The predicted molar refractivity (Wildman–Crippen MR) is 328 cm³/mol. The Bertz CT molecular complexity index is 1740. The predicted octanol–water partition coefficient (Wildman–Crippen LogP) is 7.83. The summed E-state index contributed by atoms with van der Waals surface area (Å²) in [6, 6.07) is -0.911. The molecule has 19 heteroatoms. The van der Waals surface area contributed by atoms with Gasteiger partial charge in [-0.3, -0.25) is 4.79 Å². The lowest BCUT2D eigenvalue weighted by Crippen LogP contribution is -2.66. The number of unbranched alkanes of at least 4 members (excludes halogenated alkanes) is 26. The van der Waals surface area contributed by atoms with E-state index in [1.807, 2.05) is 0 Å². The molecule has 1 amide bonds. The summed E-state index contributed by atoms with van der Waals surface area (Å²) in [5, 5.41) is 120. The number of allylic oxidation sites excluding steroid dienone is 8. The first-order valence-electron chi connectivity index (χ1n) is 33.4. The summed E-state index contributed by atoms with van der Waals surface area (Å²) in [6.45, 7) is 1.66. The molecule has 0 aromatic heterocycles. The van der Waals surface area contributed by atoms with Crippen LogP contribution in [0.15, 0.2) is 48.6 Å². The smallest absolute Gasteiger partial charge is 0.220 e. The highest BCUT2D eigenvalue weighted by molar-refractivity contribution is 5.76. The van der Waals surface area contributed by atoms with Crippen molar-refractivity contribution in [3.63, 3.8) is 0 Å². The number of amides is 1. The van der Waals surface area contributed by atoms with Crippen LogP contribution in [0.3, 0.4) is 0 Å².